The molecule has 116 valence electrons. The molecule has 2 aromatic rings. The van der Waals surface area contributed by atoms with Crippen LogP contribution >= 0.6 is 0 Å². The van der Waals surface area contributed by atoms with Gasteiger partial charge in [-0.3, -0.25) is 0 Å². The van der Waals surface area contributed by atoms with Crippen molar-refractivity contribution >= 4 is 0 Å². The molecule has 0 aliphatic rings. The van der Waals surface area contributed by atoms with Gasteiger partial charge in [-0.05, 0) is 37.4 Å². The van der Waals surface area contributed by atoms with Crippen molar-refractivity contribution in [2.24, 2.45) is 13.0 Å². The predicted molar refractivity (Wildman–Crippen MR) is 85.1 cm³/mol. The molecule has 5 nitrogen and oxygen atoms in total. The third-order valence-corrected chi connectivity index (χ3v) is 3.92. The minimum absolute atomic E-state index is 0.410. The molecule has 1 N–H and O–H groups in total. The molecule has 0 aliphatic carbocycles. The Morgan fingerprint density at radius 3 is 2.62 bits per heavy atom. The van der Waals surface area contributed by atoms with Crippen LogP contribution < -0.4 is 5.32 Å². The average molecular weight is 289 g/mol. The van der Waals surface area contributed by atoms with Gasteiger partial charge in [0.15, 0.2) is 5.82 Å². The Kier molecular flexibility index (Phi) is 5.17. The molecule has 0 saturated carbocycles. The number of rotatable bonds is 7. The van der Waals surface area contributed by atoms with Gasteiger partial charge in [-0.1, -0.05) is 20.8 Å². The molecule has 2 rings (SSSR count). The van der Waals surface area contributed by atoms with E-state index in [-0.39, 0.29) is 0 Å². The molecule has 0 saturated heterocycles. The van der Waals surface area contributed by atoms with Crippen molar-refractivity contribution < 1.29 is 0 Å². The Morgan fingerprint density at radius 2 is 2.05 bits per heavy atom. The van der Waals surface area contributed by atoms with Gasteiger partial charge in [0.05, 0.1) is 6.54 Å². The normalized spacial score (nSPS) is 13.0. The van der Waals surface area contributed by atoms with Gasteiger partial charge in [0.1, 0.15) is 5.82 Å². The standard InChI is InChI=1S/C16H27N5/c1-6-8-17-16(12(2)3)14-7-9-21(10-14)11-15-19-18-13(4)20(15)5/h7,9-10,12,16-17H,6,8,11H2,1-5H3. The van der Waals surface area contributed by atoms with Gasteiger partial charge in [-0.25, -0.2) is 0 Å². The monoisotopic (exact) mass is 289 g/mol. The van der Waals surface area contributed by atoms with Crippen LogP contribution in [0, 0.1) is 12.8 Å². The van der Waals surface area contributed by atoms with Gasteiger partial charge >= 0.3 is 0 Å². The number of nitrogens with one attached hydrogen (secondary N) is 1. The molecule has 0 bridgehead atoms. The van der Waals surface area contributed by atoms with E-state index in [0.29, 0.717) is 12.0 Å². The fourth-order valence-corrected chi connectivity index (χ4v) is 2.53. The van der Waals surface area contributed by atoms with Crippen LogP contribution in [0.1, 0.15) is 50.4 Å². The lowest BCUT2D eigenvalue weighted by atomic mass is 9.98. The number of aryl methyl sites for hydroxylation is 1. The summed E-state index contributed by atoms with van der Waals surface area (Å²) in [5, 5.41) is 12.0. The van der Waals surface area contributed by atoms with E-state index in [1.807, 2.05) is 18.5 Å². The summed E-state index contributed by atoms with van der Waals surface area (Å²) in [4.78, 5) is 0. The quantitative estimate of drug-likeness (QED) is 0.852. The highest BCUT2D eigenvalue weighted by atomic mass is 15.3. The molecule has 1 unspecified atom stereocenters. The van der Waals surface area contributed by atoms with Crippen LogP contribution in [-0.4, -0.2) is 25.9 Å². The second kappa shape index (κ2) is 6.89. The molecule has 2 heterocycles. The maximum absolute atomic E-state index is 4.23. The average Bonchev–Trinajstić information content (AvgIpc) is 3.02. The van der Waals surface area contributed by atoms with Crippen LogP contribution in [-0.2, 0) is 13.6 Å². The highest BCUT2D eigenvalue weighted by Gasteiger charge is 2.16. The van der Waals surface area contributed by atoms with E-state index in [1.165, 1.54) is 5.56 Å². The highest BCUT2D eigenvalue weighted by Crippen LogP contribution is 2.22. The molecule has 0 fully saturated rings. The Hall–Kier alpha value is -1.62. The Labute approximate surface area is 127 Å². The minimum atomic E-state index is 0.410. The molecule has 0 radical (unpaired) electrons. The first-order valence-corrected chi connectivity index (χ1v) is 7.76. The summed E-state index contributed by atoms with van der Waals surface area (Å²) in [6.45, 7) is 10.5. The van der Waals surface area contributed by atoms with Crippen LogP contribution in [0.25, 0.3) is 0 Å². The van der Waals surface area contributed by atoms with E-state index >= 15 is 0 Å². The van der Waals surface area contributed by atoms with Gasteiger partial charge in [0, 0.05) is 25.5 Å². The molecule has 2 aromatic heterocycles. The van der Waals surface area contributed by atoms with Crippen molar-refractivity contribution in [1.29, 1.82) is 0 Å². The van der Waals surface area contributed by atoms with Crippen molar-refractivity contribution in [1.82, 2.24) is 24.6 Å². The number of nitrogens with zero attached hydrogens (tertiary/aromatic N) is 4. The fourth-order valence-electron chi connectivity index (χ4n) is 2.53. The molecule has 0 amide bonds. The van der Waals surface area contributed by atoms with Crippen molar-refractivity contribution in [2.45, 2.75) is 46.7 Å². The molecule has 21 heavy (non-hydrogen) atoms. The third-order valence-electron chi connectivity index (χ3n) is 3.92. The second-order valence-corrected chi connectivity index (χ2v) is 6.02. The van der Waals surface area contributed by atoms with E-state index in [9.17, 15) is 0 Å². The maximum atomic E-state index is 4.23. The molecule has 0 spiro atoms. The number of aromatic nitrogens is 4. The summed E-state index contributed by atoms with van der Waals surface area (Å²) < 4.78 is 4.22. The first-order valence-electron chi connectivity index (χ1n) is 7.76. The van der Waals surface area contributed by atoms with Crippen LogP contribution in [0.2, 0.25) is 0 Å². The van der Waals surface area contributed by atoms with E-state index in [4.69, 9.17) is 0 Å². The summed E-state index contributed by atoms with van der Waals surface area (Å²) in [5.74, 6) is 2.50. The lowest BCUT2D eigenvalue weighted by Gasteiger charge is -2.21. The molecular formula is C16H27N5. The molecular weight excluding hydrogens is 262 g/mol. The summed E-state index contributed by atoms with van der Waals surface area (Å²) >= 11 is 0. The van der Waals surface area contributed by atoms with Crippen molar-refractivity contribution in [3.05, 3.63) is 35.7 Å². The van der Waals surface area contributed by atoms with Crippen molar-refractivity contribution in [3.63, 3.8) is 0 Å². The van der Waals surface area contributed by atoms with E-state index in [1.54, 1.807) is 0 Å². The first kappa shape index (κ1) is 15.8. The summed E-state index contributed by atoms with van der Waals surface area (Å²) in [5.41, 5.74) is 1.34. The maximum Gasteiger partial charge on any atom is 0.152 e. The van der Waals surface area contributed by atoms with E-state index < -0.39 is 0 Å². The number of hydrogen-bond acceptors (Lipinski definition) is 3. The zero-order valence-electron chi connectivity index (χ0n) is 13.8. The largest absolute Gasteiger partial charge is 0.346 e. The molecule has 0 aliphatic heterocycles. The summed E-state index contributed by atoms with van der Waals surface area (Å²) in [6, 6.07) is 2.61. The van der Waals surface area contributed by atoms with Crippen LogP contribution in [0.15, 0.2) is 18.5 Å². The molecule has 5 heteroatoms. The highest BCUT2D eigenvalue weighted by molar-refractivity contribution is 5.17. The zero-order chi connectivity index (χ0) is 15.4. The van der Waals surface area contributed by atoms with Gasteiger partial charge < -0.3 is 14.5 Å². The first-order chi connectivity index (χ1) is 10.0. The third kappa shape index (κ3) is 3.73. The SMILES string of the molecule is CCCNC(c1ccn(Cc2nnc(C)n2C)c1)C(C)C. The van der Waals surface area contributed by atoms with Crippen LogP contribution in [0.3, 0.4) is 0 Å². The van der Waals surface area contributed by atoms with Gasteiger partial charge in [-0.2, -0.15) is 0 Å². The second-order valence-electron chi connectivity index (χ2n) is 6.02. The van der Waals surface area contributed by atoms with E-state index in [0.717, 1.165) is 31.2 Å². The lowest BCUT2D eigenvalue weighted by Crippen LogP contribution is -2.26. The fraction of sp³-hybridized carbons (Fsp3) is 0.625. The topological polar surface area (TPSA) is 47.7 Å². The molecule has 1 atom stereocenters. The van der Waals surface area contributed by atoms with Gasteiger partial charge in [-0.15, -0.1) is 10.2 Å². The zero-order valence-corrected chi connectivity index (χ0v) is 13.8. The smallest absolute Gasteiger partial charge is 0.152 e. The van der Waals surface area contributed by atoms with E-state index in [2.05, 4.69) is 59.3 Å². The number of hydrogen-bond donors (Lipinski definition) is 1. The Bertz CT molecular complexity index is 567. The van der Waals surface area contributed by atoms with Crippen LogP contribution in [0.4, 0.5) is 0 Å². The summed E-state index contributed by atoms with van der Waals surface area (Å²) in [7, 11) is 2.01. The Morgan fingerprint density at radius 1 is 1.29 bits per heavy atom. The van der Waals surface area contributed by atoms with Gasteiger partial charge in [0.25, 0.3) is 0 Å². The van der Waals surface area contributed by atoms with Crippen molar-refractivity contribution in [3.8, 4) is 0 Å². The lowest BCUT2D eigenvalue weighted by molar-refractivity contribution is 0.412. The molecule has 0 aromatic carbocycles. The van der Waals surface area contributed by atoms with Crippen LogP contribution in [0.5, 0.6) is 0 Å². The Balaban J connectivity index is 2.11. The van der Waals surface area contributed by atoms with Gasteiger partial charge in [0.2, 0.25) is 0 Å². The predicted octanol–water partition coefficient (Wildman–Crippen LogP) is 2.67. The minimum Gasteiger partial charge on any atom is -0.346 e. The summed E-state index contributed by atoms with van der Waals surface area (Å²) in [6.07, 6.45) is 5.50. The van der Waals surface area contributed by atoms with Crippen molar-refractivity contribution in [2.75, 3.05) is 6.54 Å².